The second-order valence-corrected chi connectivity index (χ2v) is 4.21. The number of nitrogens with zero attached hydrogens (tertiary/aromatic N) is 1. The molecule has 2 rings (SSSR count). The molecular weight excluding hydrogens is 247 g/mol. The van der Waals surface area contributed by atoms with E-state index in [0.717, 1.165) is 5.56 Å². The topological polar surface area (TPSA) is 55.2 Å². The third-order valence-electron chi connectivity index (χ3n) is 2.81. The fourth-order valence-corrected chi connectivity index (χ4v) is 1.80. The van der Waals surface area contributed by atoms with Gasteiger partial charge in [0.15, 0.2) is 0 Å². The molecule has 0 heterocycles. The summed E-state index contributed by atoms with van der Waals surface area (Å²) in [4.78, 5) is 10.4. The first-order chi connectivity index (χ1) is 9.08. The summed E-state index contributed by atoms with van der Waals surface area (Å²) in [5.74, 6) is -0.255. The molecule has 0 atom stereocenters. The minimum absolute atomic E-state index is 0.0290. The van der Waals surface area contributed by atoms with Crippen molar-refractivity contribution in [2.45, 2.75) is 13.5 Å². The van der Waals surface area contributed by atoms with E-state index in [1.807, 2.05) is 0 Å². The van der Waals surface area contributed by atoms with Crippen LogP contribution in [0, 0.1) is 22.9 Å². The summed E-state index contributed by atoms with van der Waals surface area (Å²) in [5.41, 5.74) is 1.91. The van der Waals surface area contributed by atoms with E-state index in [4.69, 9.17) is 0 Å². The first-order valence-corrected chi connectivity index (χ1v) is 5.80. The number of nitro benzene ring substituents is 1. The number of anilines is 1. The molecule has 0 spiro atoms. The molecule has 4 nitrogen and oxygen atoms in total. The Morgan fingerprint density at radius 1 is 1.26 bits per heavy atom. The Kier molecular flexibility index (Phi) is 3.75. The van der Waals surface area contributed by atoms with E-state index in [-0.39, 0.29) is 11.5 Å². The molecule has 0 fully saturated rings. The van der Waals surface area contributed by atoms with Crippen LogP contribution in [0.1, 0.15) is 11.1 Å². The van der Waals surface area contributed by atoms with Gasteiger partial charge in [0.05, 0.1) is 4.92 Å². The predicted molar refractivity (Wildman–Crippen MR) is 71.6 cm³/mol. The second kappa shape index (κ2) is 5.48. The Labute approximate surface area is 110 Å². The molecule has 0 aliphatic heterocycles. The number of hydrogen-bond acceptors (Lipinski definition) is 3. The molecule has 1 N–H and O–H groups in total. The molecule has 5 heteroatoms. The van der Waals surface area contributed by atoms with Crippen molar-refractivity contribution in [2.75, 3.05) is 5.32 Å². The van der Waals surface area contributed by atoms with E-state index in [1.54, 1.807) is 37.3 Å². The monoisotopic (exact) mass is 260 g/mol. The summed E-state index contributed by atoms with van der Waals surface area (Å²) in [6.45, 7) is 2.09. The van der Waals surface area contributed by atoms with Gasteiger partial charge in [0.2, 0.25) is 0 Å². The molecule has 0 bridgehead atoms. The summed E-state index contributed by atoms with van der Waals surface area (Å²) in [7, 11) is 0. The molecule has 19 heavy (non-hydrogen) atoms. The van der Waals surface area contributed by atoms with Crippen LogP contribution in [0.15, 0.2) is 42.5 Å². The van der Waals surface area contributed by atoms with Gasteiger partial charge in [0.1, 0.15) is 11.5 Å². The molecule has 0 saturated heterocycles. The van der Waals surface area contributed by atoms with Crippen LogP contribution in [0.4, 0.5) is 15.8 Å². The average Bonchev–Trinajstić information content (AvgIpc) is 2.40. The zero-order chi connectivity index (χ0) is 13.8. The van der Waals surface area contributed by atoms with Crippen molar-refractivity contribution in [3.63, 3.8) is 0 Å². The van der Waals surface area contributed by atoms with Crippen LogP contribution in [-0.2, 0) is 6.54 Å². The van der Waals surface area contributed by atoms with E-state index >= 15 is 0 Å². The highest BCUT2D eigenvalue weighted by Gasteiger charge is 2.11. The Hall–Kier alpha value is -2.43. The smallest absolute Gasteiger partial charge is 0.292 e. The summed E-state index contributed by atoms with van der Waals surface area (Å²) < 4.78 is 13.1. The second-order valence-electron chi connectivity index (χ2n) is 4.21. The van der Waals surface area contributed by atoms with Crippen molar-refractivity contribution in [1.82, 2.24) is 0 Å². The van der Waals surface area contributed by atoms with E-state index < -0.39 is 4.92 Å². The van der Waals surface area contributed by atoms with Crippen LogP contribution >= 0.6 is 0 Å². The molecule has 0 unspecified atom stereocenters. The molecule has 0 radical (unpaired) electrons. The molecule has 0 amide bonds. The van der Waals surface area contributed by atoms with Crippen molar-refractivity contribution >= 4 is 11.4 Å². The Balaban J connectivity index is 2.14. The number of nitrogens with one attached hydrogen (secondary N) is 1. The van der Waals surface area contributed by atoms with Gasteiger partial charge in [0, 0.05) is 12.6 Å². The molecule has 98 valence electrons. The molecular formula is C14H13FN2O2. The maximum Gasteiger partial charge on any atom is 0.292 e. The van der Waals surface area contributed by atoms with Crippen LogP contribution in [0.25, 0.3) is 0 Å². The van der Waals surface area contributed by atoms with E-state index in [0.29, 0.717) is 17.8 Å². The standard InChI is InChI=1S/C14H13FN2O2/c1-10-8-11(6-7-12(10)15)9-16-13-4-2-3-5-14(13)17(18)19/h2-8,16H,9H2,1H3. The highest BCUT2D eigenvalue weighted by molar-refractivity contribution is 5.61. The highest BCUT2D eigenvalue weighted by atomic mass is 19.1. The number of rotatable bonds is 4. The molecule has 0 saturated carbocycles. The number of benzene rings is 2. The zero-order valence-electron chi connectivity index (χ0n) is 10.4. The third-order valence-corrected chi connectivity index (χ3v) is 2.81. The van der Waals surface area contributed by atoms with Gasteiger partial charge >= 0.3 is 0 Å². The lowest BCUT2D eigenvalue weighted by Crippen LogP contribution is -2.03. The first kappa shape index (κ1) is 13.0. The maximum absolute atomic E-state index is 13.1. The van der Waals surface area contributed by atoms with Gasteiger partial charge in [-0.05, 0) is 30.2 Å². The van der Waals surface area contributed by atoms with Gasteiger partial charge in [-0.2, -0.15) is 0 Å². The number of aryl methyl sites for hydroxylation is 1. The summed E-state index contributed by atoms with van der Waals surface area (Å²) in [6.07, 6.45) is 0. The number of nitro groups is 1. The van der Waals surface area contributed by atoms with Crippen LogP contribution < -0.4 is 5.32 Å². The number of para-hydroxylation sites is 2. The molecule has 2 aromatic carbocycles. The highest BCUT2D eigenvalue weighted by Crippen LogP contribution is 2.23. The van der Waals surface area contributed by atoms with Crippen LogP contribution in [0.3, 0.4) is 0 Å². The minimum Gasteiger partial charge on any atom is -0.375 e. The van der Waals surface area contributed by atoms with Gasteiger partial charge < -0.3 is 5.32 Å². The molecule has 0 aromatic heterocycles. The molecule has 0 aliphatic carbocycles. The van der Waals surface area contributed by atoms with Crippen molar-refractivity contribution in [3.8, 4) is 0 Å². The van der Waals surface area contributed by atoms with Gasteiger partial charge in [-0.25, -0.2) is 4.39 Å². The van der Waals surface area contributed by atoms with Crippen molar-refractivity contribution < 1.29 is 9.31 Å². The van der Waals surface area contributed by atoms with Gasteiger partial charge in [0.25, 0.3) is 5.69 Å². The van der Waals surface area contributed by atoms with Gasteiger partial charge in [-0.15, -0.1) is 0 Å². The van der Waals surface area contributed by atoms with Crippen molar-refractivity contribution in [2.24, 2.45) is 0 Å². The fourth-order valence-electron chi connectivity index (χ4n) is 1.80. The number of hydrogen-bond donors (Lipinski definition) is 1. The Bertz CT molecular complexity index is 614. The zero-order valence-corrected chi connectivity index (χ0v) is 10.4. The predicted octanol–water partition coefficient (Wildman–Crippen LogP) is 3.65. The van der Waals surface area contributed by atoms with E-state index in [9.17, 15) is 14.5 Å². The normalized spacial score (nSPS) is 10.2. The summed E-state index contributed by atoms with van der Waals surface area (Å²) in [6, 6.07) is 11.2. The largest absolute Gasteiger partial charge is 0.375 e. The first-order valence-electron chi connectivity index (χ1n) is 5.80. The minimum atomic E-state index is -0.432. The lowest BCUT2D eigenvalue weighted by Gasteiger charge is -2.08. The Morgan fingerprint density at radius 3 is 2.68 bits per heavy atom. The van der Waals surface area contributed by atoms with Crippen LogP contribution in [-0.4, -0.2) is 4.92 Å². The van der Waals surface area contributed by atoms with Crippen LogP contribution in [0.2, 0.25) is 0 Å². The average molecular weight is 260 g/mol. The van der Waals surface area contributed by atoms with Crippen LogP contribution in [0.5, 0.6) is 0 Å². The Morgan fingerprint density at radius 2 is 2.00 bits per heavy atom. The summed E-state index contributed by atoms with van der Waals surface area (Å²) in [5, 5.41) is 13.8. The van der Waals surface area contributed by atoms with E-state index in [1.165, 1.54) is 12.1 Å². The lowest BCUT2D eigenvalue weighted by molar-refractivity contribution is -0.384. The molecule has 2 aromatic rings. The van der Waals surface area contributed by atoms with Crippen molar-refractivity contribution in [3.05, 3.63) is 69.5 Å². The number of halogens is 1. The summed E-state index contributed by atoms with van der Waals surface area (Å²) >= 11 is 0. The quantitative estimate of drug-likeness (QED) is 0.674. The van der Waals surface area contributed by atoms with E-state index in [2.05, 4.69) is 5.32 Å². The van der Waals surface area contributed by atoms with Gasteiger partial charge in [-0.1, -0.05) is 24.3 Å². The van der Waals surface area contributed by atoms with Gasteiger partial charge in [-0.3, -0.25) is 10.1 Å². The maximum atomic E-state index is 13.1. The third kappa shape index (κ3) is 3.07. The lowest BCUT2D eigenvalue weighted by atomic mass is 10.1. The fraction of sp³-hybridized carbons (Fsp3) is 0.143. The molecule has 0 aliphatic rings. The van der Waals surface area contributed by atoms with Crippen molar-refractivity contribution in [1.29, 1.82) is 0 Å². The SMILES string of the molecule is Cc1cc(CNc2ccccc2[N+](=O)[O-])ccc1F.